The molecule has 1 N–H and O–H groups in total. The summed E-state index contributed by atoms with van der Waals surface area (Å²) in [6.45, 7) is 8.02. The van der Waals surface area contributed by atoms with E-state index in [1.165, 1.54) is 7.11 Å². The third-order valence-electron chi connectivity index (χ3n) is 4.71. The van der Waals surface area contributed by atoms with E-state index in [2.05, 4.69) is 19.2 Å². The van der Waals surface area contributed by atoms with Crippen LogP contribution in [0.2, 0.25) is 0 Å². The smallest absolute Gasteiger partial charge is 0.339 e. The van der Waals surface area contributed by atoms with Gasteiger partial charge in [0, 0.05) is 5.69 Å². The molecular formula is C23H29NO5. The molecule has 6 heteroatoms. The van der Waals surface area contributed by atoms with E-state index in [9.17, 15) is 9.59 Å². The number of benzene rings is 2. The molecule has 0 radical (unpaired) electrons. The lowest BCUT2D eigenvalue weighted by atomic mass is 9.97. The molecule has 0 heterocycles. The van der Waals surface area contributed by atoms with Crippen molar-refractivity contribution in [2.75, 3.05) is 19.0 Å². The van der Waals surface area contributed by atoms with Gasteiger partial charge in [-0.2, -0.15) is 0 Å². The summed E-state index contributed by atoms with van der Waals surface area (Å²) in [6.07, 6.45) is 0.00183. The number of ether oxygens (including phenoxy) is 3. The molecule has 1 amide bonds. The van der Waals surface area contributed by atoms with E-state index in [-0.39, 0.29) is 11.5 Å². The van der Waals surface area contributed by atoms with Crippen molar-refractivity contribution in [2.45, 2.75) is 46.1 Å². The van der Waals surface area contributed by atoms with Crippen LogP contribution in [0, 0.1) is 0 Å². The molecule has 2 aromatic rings. The van der Waals surface area contributed by atoms with Gasteiger partial charge < -0.3 is 19.5 Å². The Labute approximate surface area is 172 Å². The average Bonchev–Trinajstić information content (AvgIpc) is 2.73. The molecule has 156 valence electrons. The standard InChI is InChI=1S/C23H29NO5/c1-6-15(3)18-10-8-9-11-19(18)24-22(25)16(4)29-23(26)17-12-13-20(27-5)21(14-17)28-7-2/h8-16H,6-7H2,1-5H3,(H,24,25)/t15-,16-/m1/s1. The molecule has 0 fully saturated rings. The van der Waals surface area contributed by atoms with Gasteiger partial charge in [0.15, 0.2) is 17.6 Å². The van der Waals surface area contributed by atoms with E-state index in [0.717, 1.165) is 17.7 Å². The van der Waals surface area contributed by atoms with Crippen LogP contribution in [0.5, 0.6) is 11.5 Å². The van der Waals surface area contributed by atoms with E-state index in [4.69, 9.17) is 14.2 Å². The summed E-state index contributed by atoms with van der Waals surface area (Å²) in [4.78, 5) is 25.1. The second-order valence-corrected chi connectivity index (χ2v) is 6.73. The maximum absolute atomic E-state index is 12.6. The molecule has 0 aliphatic heterocycles. The quantitative estimate of drug-likeness (QED) is 0.614. The van der Waals surface area contributed by atoms with Crippen molar-refractivity contribution in [3.8, 4) is 11.5 Å². The molecular weight excluding hydrogens is 370 g/mol. The number of esters is 1. The molecule has 2 rings (SSSR count). The Balaban J connectivity index is 2.08. The second-order valence-electron chi connectivity index (χ2n) is 6.73. The molecule has 0 aliphatic carbocycles. The van der Waals surface area contributed by atoms with Crippen LogP contribution in [0.3, 0.4) is 0 Å². The number of methoxy groups -OCH3 is 1. The monoisotopic (exact) mass is 399 g/mol. The highest BCUT2D eigenvalue weighted by Crippen LogP contribution is 2.29. The number of hydrogen-bond donors (Lipinski definition) is 1. The van der Waals surface area contributed by atoms with Crippen LogP contribution >= 0.6 is 0 Å². The normalized spacial score (nSPS) is 12.6. The first-order valence-electron chi connectivity index (χ1n) is 9.82. The van der Waals surface area contributed by atoms with Gasteiger partial charge in [-0.25, -0.2) is 4.79 Å². The highest BCUT2D eigenvalue weighted by molar-refractivity contribution is 5.98. The van der Waals surface area contributed by atoms with Crippen LogP contribution < -0.4 is 14.8 Å². The number of rotatable bonds is 9. The highest BCUT2D eigenvalue weighted by Gasteiger charge is 2.21. The summed E-state index contributed by atoms with van der Waals surface area (Å²) in [5, 5.41) is 2.87. The third-order valence-corrected chi connectivity index (χ3v) is 4.71. The first kappa shape index (κ1) is 22.3. The Morgan fingerprint density at radius 1 is 1.03 bits per heavy atom. The number of nitrogens with one attached hydrogen (secondary N) is 1. The summed E-state index contributed by atoms with van der Waals surface area (Å²) in [5.74, 6) is 0.291. The van der Waals surface area contributed by atoms with Crippen LogP contribution in [0.25, 0.3) is 0 Å². The lowest BCUT2D eigenvalue weighted by Crippen LogP contribution is -2.30. The molecule has 29 heavy (non-hydrogen) atoms. The van der Waals surface area contributed by atoms with Crippen molar-refractivity contribution < 1.29 is 23.8 Å². The van der Waals surface area contributed by atoms with Gasteiger partial charge in [0.1, 0.15) is 0 Å². The van der Waals surface area contributed by atoms with Gasteiger partial charge in [0.2, 0.25) is 0 Å². The first-order chi connectivity index (χ1) is 13.9. The van der Waals surface area contributed by atoms with Crippen molar-refractivity contribution >= 4 is 17.6 Å². The Bertz CT molecular complexity index is 849. The van der Waals surface area contributed by atoms with Crippen molar-refractivity contribution in [3.05, 3.63) is 53.6 Å². The Morgan fingerprint density at radius 3 is 2.41 bits per heavy atom. The van der Waals surface area contributed by atoms with Crippen molar-refractivity contribution in [1.29, 1.82) is 0 Å². The fourth-order valence-corrected chi connectivity index (χ4v) is 2.85. The van der Waals surface area contributed by atoms with Gasteiger partial charge in [-0.1, -0.05) is 32.0 Å². The molecule has 2 atom stereocenters. The topological polar surface area (TPSA) is 73.9 Å². The van der Waals surface area contributed by atoms with Crippen LogP contribution in [-0.4, -0.2) is 31.7 Å². The minimum absolute atomic E-state index is 0.286. The van der Waals surface area contributed by atoms with E-state index < -0.39 is 12.1 Å². The molecule has 0 unspecified atom stereocenters. The minimum Gasteiger partial charge on any atom is -0.493 e. The Kier molecular flexibility index (Phi) is 8.07. The van der Waals surface area contributed by atoms with Crippen LogP contribution in [-0.2, 0) is 9.53 Å². The number of anilines is 1. The molecule has 0 saturated carbocycles. The van der Waals surface area contributed by atoms with E-state index >= 15 is 0 Å². The van der Waals surface area contributed by atoms with E-state index in [1.54, 1.807) is 25.1 Å². The zero-order chi connectivity index (χ0) is 21.4. The van der Waals surface area contributed by atoms with E-state index in [0.29, 0.717) is 24.0 Å². The zero-order valence-corrected chi connectivity index (χ0v) is 17.7. The van der Waals surface area contributed by atoms with Crippen LogP contribution in [0.15, 0.2) is 42.5 Å². The molecule has 0 bridgehead atoms. The number of para-hydroxylation sites is 1. The lowest BCUT2D eigenvalue weighted by Gasteiger charge is -2.18. The van der Waals surface area contributed by atoms with Gasteiger partial charge in [0.05, 0.1) is 19.3 Å². The van der Waals surface area contributed by atoms with Crippen molar-refractivity contribution in [3.63, 3.8) is 0 Å². The summed E-state index contributed by atoms with van der Waals surface area (Å²) in [6, 6.07) is 12.4. The predicted molar refractivity (Wildman–Crippen MR) is 113 cm³/mol. The molecule has 0 aliphatic rings. The number of carbonyl (C=O) groups excluding carboxylic acids is 2. The SMILES string of the molecule is CCOc1cc(C(=O)O[C@H](C)C(=O)Nc2ccccc2[C@H](C)CC)ccc1OC. The number of hydrogen-bond acceptors (Lipinski definition) is 5. The third kappa shape index (κ3) is 5.73. The fraction of sp³-hybridized carbons (Fsp3) is 0.391. The average molecular weight is 399 g/mol. The molecule has 6 nitrogen and oxygen atoms in total. The van der Waals surface area contributed by atoms with Gasteiger partial charge in [-0.3, -0.25) is 4.79 Å². The zero-order valence-electron chi connectivity index (χ0n) is 17.7. The fourth-order valence-electron chi connectivity index (χ4n) is 2.85. The minimum atomic E-state index is -0.954. The first-order valence-corrected chi connectivity index (χ1v) is 9.82. The maximum Gasteiger partial charge on any atom is 0.339 e. The van der Waals surface area contributed by atoms with Crippen LogP contribution in [0.1, 0.15) is 56.0 Å². The molecule has 2 aromatic carbocycles. The molecule has 0 saturated heterocycles. The van der Waals surface area contributed by atoms with Crippen molar-refractivity contribution in [2.24, 2.45) is 0 Å². The highest BCUT2D eigenvalue weighted by atomic mass is 16.5. The lowest BCUT2D eigenvalue weighted by molar-refractivity contribution is -0.123. The Hall–Kier alpha value is -3.02. The van der Waals surface area contributed by atoms with Crippen LogP contribution in [0.4, 0.5) is 5.69 Å². The largest absolute Gasteiger partial charge is 0.493 e. The predicted octanol–water partition coefficient (Wildman–Crippen LogP) is 4.79. The Morgan fingerprint density at radius 2 is 1.76 bits per heavy atom. The number of amides is 1. The van der Waals surface area contributed by atoms with Gasteiger partial charge in [-0.15, -0.1) is 0 Å². The summed E-state index contributed by atoms with van der Waals surface area (Å²) in [7, 11) is 1.53. The second kappa shape index (κ2) is 10.5. The van der Waals surface area contributed by atoms with Gasteiger partial charge in [0.25, 0.3) is 5.91 Å². The van der Waals surface area contributed by atoms with Gasteiger partial charge >= 0.3 is 5.97 Å². The summed E-state index contributed by atoms with van der Waals surface area (Å²) < 4.78 is 16.1. The molecule has 0 spiro atoms. The maximum atomic E-state index is 12.6. The van der Waals surface area contributed by atoms with Crippen molar-refractivity contribution in [1.82, 2.24) is 0 Å². The van der Waals surface area contributed by atoms with Gasteiger partial charge in [-0.05, 0) is 56.0 Å². The summed E-state index contributed by atoms with van der Waals surface area (Å²) >= 11 is 0. The van der Waals surface area contributed by atoms with E-state index in [1.807, 2.05) is 31.2 Å². The number of carbonyl (C=O) groups is 2. The summed E-state index contributed by atoms with van der Waals surface area (Å²) in [5.41, 5.74) is 2.07. The molecule has 0 aromatic heterocycles.